The van der Waals surface area contributed by atoms with Crippen LogP contribution in [-0.4, -0.2) is 56.8 Å². The van der Waals surface area contributed by atoms with Gasteiger partial charge in [-0.3, -0.25) is 9.69 Å². The van der Waals surface area contributed by atoms with E-state index < -0.39 is 0 Å². The standard InChI is InChI=1S/C23H31N3O3/c1-17-13-26(14-18(2)29-17)21-10-8-20(9-11-21)24-23(27)16-25(3)15-19-6-5-7-22(12-19)28-4/h5-12,17-18H,13-16H2,1-4H3,(H,24,27). The summed E-state index contributed by atoms with van der Waals surface area (Å²) in [6.07, 6.45) is 0.441. The Hall–Kier alpha value is -2.57. The van der Waals surface area contributed by atoms with E-state index >= 15 is 0 Å². The molecule has 1 N–H and O–H groups in total. The maximum Gasteiger partial charge on any atom is 0.238 e. The minimum Gasteiger partial charge on any atom is -0.497 e. The number of hydrogen-bond donors (Lipinski definition) is 1. The summed E-state index contributed by atoms with van der Waals surface area (Å²) in [6, 6.07) is 15.9. The van der Waals surface area contributed by atoms with Crippen molar-refractivity contribution in [1.82, 2.24) is 4.90 Å². The maximum absolute atomic E-state index is 12.4. The van der Waals surface area contributed by atoms with Crippen LogP contribution in [0.3, 0.4) is 0 Å². The molecule has 0 aliphatic carbocycles. The number of morpholine rings is 1. The number of carbonyl (C=O) groups is 1. The number of benzene rings is 2. The minimum atomic E-state index is -0.0308. The molecule has 2 aromatic carbocycles. The van der Waals surface area contributed by atoms with Crippen LogP contribution >= 0.6 is 0 Å². The first-order valence-electron chi connectivity index (χ1n) is 10.0. The van der Waals surface area contributed by atoms with E-state index in [2.05, 4.69) is 36.2 Å². The molecule has 2 unspecified atom stereocenters. The number of anilines is 2. The van der Waals surface area contributed by atoms with Crippen molar-refractivity contribution in [1.29, 1.82) is 0 Å². The van der Waals surface area contributed by atoms with Crippen LogP contribution in [0.4, 0.5) is 11.4 Å². The Morgan fingerprint density at radius 1 is 1.17 bits per heavy atom. The number of hydrogen-bond acceptors (Lipinski definition) is 5. The molecule has 0 bridgehead atoms. The molecule has 1 heterocycles. The second-order valence-electron chi connectivity index (χ2n) is 7.78. The van der Waals surface area contributed by atoms with Crippen LogP contribution in [0.5, 0.6) is 5.75 Å². The summed E-state index contributed by atoms with van der Waals surface area (Å²) in [6.45, 7) is 6.95. The molecule has 0 spiro atoms. The third-order valence-corrected chi connectivity index (χ3v) is 4.94. The zero-order chi connectivity index (χ0) is 20.8. The van der Waals surface area contributed by atoms with E-state index in [1.54, 1.807) is 7.11 Å². The predicted octanol–water partition coefficient (Wildman–Crippen LogP) is 3.38. The van der Waals surface area contributed by atoms with Crippen molar-refractivity contribution in [2.45, 2.75) is 32.6 Å². The lowest BCUT2D eigenvalue weighted by atomic mass is 10.2. The van der Waals surface area contributed by atoms with Gasteiger partial charge in [0, 0.05) is 31.0 Å². The molecular formula is C23H31N3O3. The van der Waals surface area contributed by atoms with Crippen LogP contribution < -0.4 is 15.0 Å². The highest BCUT2D eigenvalue weighted by Gasteiger charge is 2.22. The molecule has 0 saturated carbocycles. The molecule has 6 heteroatoms. The summed E-state index contributed by atoms with van der Waals surface area (Å²) in [5.74, 6) is 0.793. The summed E-state index contributed by atoms with van der Waals surface area (Å²) in [7, 11) is 3.59. The fraction of sp³-hybridized carbons (Fsp3) is 0.435. The summed E-state index contributed by atoms with van der Waals surface area (Å²) in [5, 5.41) is 2.98. The highest BCUT2D eigenvalue weighted by atomic mass is 16.5. The van der Waals surface area contributed by atoms with E-state index in [1.807, 2.05) is 48.3 Å². The molecule has 1 aliphatic heterocycles. The van der Waals surface area contributed by atoms with Crippen LogP contribution in [0.15, 0.2) is 48.5 Å². The first kappa shape index (κ1) is 21.1. The molecule has 1 aliphatic rings. The van der Waals surface area contributed by atoms with Crippen LogP contribution in [-0.2, 0) is 16.1 Å². The summed E-state index contributed by atoms with van der Waals surface area (Å²) < 4.78 is 11.0. The van der Waals surface area contributed by atoms with E-state index in [4.69, 9.17) is 9.47 Å². The summed E-state index contributed by atoms with van der Waals surface area (Å²) in [5.41, 5.74) is 3.07. The number of nitrogens with zero attached hydrogens (tertiary/aromatic N) is 2. The number of amides is 1. The van der Waals surface area contributed by atoms with Crippen molar-refractivity contribution in [3.8, 4) is 5.75 Å². The number of rotatable bonds is 7. The third-order valence-electron chi connectivity index (χ3n) is 4.94. The van der Waals surface area contributed by atoms with Gasteiger partial charge in [-0.05, 0) is 62.9 Å². The van der Waals surface area contributed by atoms with Gasteiger partial charge in [0.05, 0.1) is 25.9 Å². The average Bonchev–Trinajstić information content (AvgIpc) is 2.67. The molecule has 0 aromatic heterocycles. The fourth-order valence-corrected chi connectivity index (χ4v) is 3.73. The van der Waals surface area contributed by atoms with Gasteiger partial charge in [-0.2, -0.15) is 0 Å². The van der Waals surface area contributed by atoms with Gasteiger partial charge < -0.3 is 19.7 Å². The number of methoxy groups -OCH3 is 1. The van der Waals surface area contributed by atoms with Gasteiger partial charge >= 0.3 is 0 Å². The lowest BCUT2D eigenvalue weighted by Gasteiger charge is -2.36. The van der Waals surface area contributed by atoms with Gasteiger partial charge in [-0.1, -0.05) is 12.1 Å². The van der Waals surface area contributed by atoms with Crippen LogP contribution in [0.1, 0.15) is 19.4 Å². The highest BCUT2D eigenvalue weighted by Crippen LogP contribution is 2.22. The van der Waals surface area contributed by atoms with E-state index in [0.717, 1.165) is 35.8 Å². The lowest BCUT2D eigenvalue weighted by molar-refractivity contribution is -0.117. The zero-order valence-electron chi connectivity index (χ0n) is 17.7. The van der Waals surface area contributed by atoms with E-state index in [-0.39, 0.29) is 18.1 Å². The second-order valence-corrected chi connectivity index (χ2v) is 7.78. The lowest BCUT2D eigenvalue weighted by Crippen LogP contribution is -2.45. The summed E-state index contributed by atoms with van der Waals surface area (Å²) in [4.78, 5) is 16.7. The van der Waals surface area contributed by atoms with Gasteiger partial charge in [0.25, 0.3) is 0 Å². The number of nitrogens with one attached hydrogen (secondary N) is 1. The first-order valence-corrected chi connectivity index (χ1v) is 10.0. The van der Waals surface area contributed by atoms with Gasteiger partial charge in [0.2, 0.25) is 5.91 Å². The maximum atomic E-state index is 12.4. The Balaban J connectivity index is 1.51. The molecule has 2 aromatic rings. The van der Waals surface area contributed by atoms with Gasteiger partial charge in [0.15, 0.2) is 0 Å². The third kappa shape index (κ3) is 6.21. The first-order chi connectivity index (χ1) is 13.9. The van der Waals surface area contributed by atoms with Crippen LogP contribution in [0.2, 0.25) is 0 Å². The topological polar surface area (TPSA) is 54.0 Å². The predicted molar refractivity (Wildman–Crippen MR) is 117 cm³/mol. The highest BCUT2D eigenvalue weighted by molar-refractivity contribution is 5.92. The molecular weight excluding hydrogens is 366 g/mol. The second kappa shape index (κ2) is 9.76. The number of ether oxygens (including phenoxy) is 2. The Kier molecular flexibility index (Phi) is 7.12. The molecule has 156 valence electrons. The number of carbonyl (C=O) groups excluding carboxylic acids is 1. The fourth-order valence-electron chi connectivity index (χ4n) is 3.73. The molecule has 1 fully saturated rings. The van der Waals surface area contributed by atoms with Crippen molar-refractivity contribution in [3.05, 3.63) is 54.1 Å². The normalized spacial score (nSPS) is 19.3. The average molecular weight is 398 g/mol. The Morgan fingerprint density at radius 2 is 1.86 bits per heavy atom. The molecule has 6 nitrogen and oxygen atoms in total. The van der Waals surface area contributed by atoms with Gasteiger partial charge in [-0.25, -0.2) is 0 Å². The molecule has 1 saturated heterocycles. The van der Waals surface area contributed by atoms with Crippen LogP contribution in [0, 0.1) is 0 Å². The Labute approximate surface area is 173 Å². The van der Waals surface area contributed by atoms with E-state index in [1.165, 1.54) is 0 Å². The van der Waals surface area contributed by atoms with E-state index in [9.17, 15) is 4.79 Å². The molecule has 29 heavy (non-hydrogen) atoms. The Bertz CT molecular complexity index is 799. The quantitative estimate of drug-likeness (QED) is 0.776. The largest absolute Gasteiger partial charge is 0.497 e. The van der Waals surface area contributed by atoms with Gasteiger partial charge in [-0.15, -0.1) is 0 Å². The molecule has 3 rings (SSSR count). The molecule has 2 atom stereocenters. The van der Waals surface area contributed by atoms with Crippen molar-refractivity contribution < 1.29 is 14.3 Å². The monoisotopic (exact) mass is 397 g/mol. The zero-order valence-corrected chi connectivity index (χ0v) is 17.7. The van der Waals surface area contributed by atoms with E-state index in [0.29, 0.717) is 13.1 Å². The van der Waals surface area contributed by atoms with Crippen molar-refractivity contribution in [2.75, 3.05) is 44.0 Å². The minimum absolute atomic E-state index is 0.0308. The van der Waals surface area contributed by atoms with Gasteiger partial charge in [0.1, 0.15) is 5.75 Å². The smallest absolute Gasteiger partial charge is 0.238 e. The van der Waals surface area contributed by atoms with Crippen molar-refractivity contribution >= 4 is 17.3 Å². The SMILES string of the molecule is COc1cccc(CN(C)CC(=O)Nc2ccc(N3CC(C)OC(C)C3)cc2)c1. The Morgan fingerprint density at radius 3 is 2.52 bits per heavy atom. The van der Waals surface area contributed by atoms with Crippen molar-refractivity contribution in [3.63, 3.8) is 0 Å². The van der Waals surface area contributed by atoms with Crippen molar-refractivity contribution in [2.24, 2.45) is 0 Å². The van der Waals surface area contributed by atoms with Crippen LogP contribution in [0.25, 0.3) is 0 Å². The summed E-state index contributed by atoms with van der Waals surface area (Å²) >= 11 is 0. The molecule has 0 radical (unpaired) electrons. The molecule has 1 amide bonds. The number of likely N-dealkylation sites (N-methyl/N-ethyl adjacent to an activating group) is 1.